The summed E-state index contributed by atoms with van der Waals surface area (Å²) in [4.78, 5) is 21.7. The third-order valence-corrected chi connectivity index (χ3v) is 7.65. The first-order valence-corrected chi connectivity index (χ1v) is 13.2. The number of halogens is 7. The summed E-state index contributed by atoms with van der Waals surface area (Å²) in [5.41, 5.74) is -3.34. The number of aromatic nitrogens is 1. The maximum absolute atomic E-state index is 14.0. The molecule has 5 nitrogen and oxygen atoms in total. The molecule has 226 valence electrons. The lowest BCUT2D eigenvalue weighted by atomic mass is 9.81. The SMILES string of the molecule is Cc1cc(F)ccc1-c1cc(N2CCNCC2C)ncc1N(C)C(=O)C(C)(C)c1cc(C(F)(F)F)cc(C(F)(F)F)c1. The van der Waals surface area contributed by atoms with Gasteiger partial charge >= 0.3 is 12.4 Å². The maximum atomic E-state index is 14.0. The van der Waals surface area contributed by atoms with Gasteiger partial charge in [0.05, 0.1) is 28.4 Å². The summed E-state index contributed by atoms with van der Waals surface area (Å²) >= 11 is 0. The van der Waals surface area contributed by atoms with Gasteiger partial charge in [-0.1, -0.05) is 6.07 Å². The summed E-state index contributed by atoms with van der Waals surface area (Å²) in [6, 6.07) is 7.19. The zero-order valence-electron chi connectivity index (χ0n) is 23.7. The maximum Gasteiger partial charge on any atom is 0.416 e. The Morgan fingerprint density at radius 3 is 2.10 bits per heavy atom. The predicted octanol–water partition coefficient (Wildman–Crippen LogP) is 6.97. The second-order valence-electron chi connectivity index (χ2n) is 11.0. The van der Waals surface area contributed by atoms with Crippen LogP contribution in [0.4, 0.5) is 42.2 Å². The van der Waals surface area contributed by atoms with Gasteiger partial charge in [0.1, 0.15) is 11.6 Å². The van der Waals surface area contributed by atoms with Crippen LogP contribution in [0.5, 0.6) is 0 Å². The Morgan fingerprint density at radius 2 is 1.55 bits per heavy atom. The van der Waals surface area contributed by atoms with Crippen molar-refractivity contribution in [2.45, 2.75) is 51.5 Å². The molecule has 1 unspecified atom stereocenters. The molecule has 0 spiro atoms. The highest BCUT2D eigenvalue weighted by Gasteiger charge is 2.41. The highest BCUT2D eigenvalue weighted by atomic mass is 19.4. The number of hydrogen-bond acceptors (Lipinski definition) is 4. The number of hydrogen-bond donors (Lipinski definition) is 1. The van der Waals surface area contributed by atoms with Crippen LogP contribution in [0.3, 0.4) is 0 Å². The van der Waals surface area contributed by atoms with E-state index < -0.39 is 46.2 Å². The van der Waals surface area contributed by atoms with Crippen molar-refractivity contribution in [1.82, 2.24) is 10.3 Å². The number of rotatable bonds is 5. The molecule has 42 heavy (non-hydrogen) atoms. The molecule has 0 aliphatic carbocycles. The van der Waals surface area contributed by atoms with Gasteiger partial charge in [-0.15, -0.1) is 0 Å². The Labute approximate surface area is 239 Å². The van der Waals surface area contributed by atoms with E-state index in [0.717, 1.165) is 13.1 Å². The minimum atomic E-state index is -5.06. The van der Waals surface area contributed by atoms with Crippen LogP contribution in [0.2, 0.25) is 0 Å². The van der Waals surface area contributed by atoms with Crippen molar-refractivity contribution >= 4 is 17.4 Å². The van der Waals surface area contributed by atoms with E-state index in [9.17, 15) is 35.5 Å². The van der Waals surface area contributed by atoms with E-state index in [1.807, 2.05) is 6.92 Å². The Morgan fingerprint density at radius 1 is 0.952 bits per heavy atom. The van der Waals surface area contributed by atoms with E-state index in [0.29, 0.717) is 41.2 Å². The molecule has 4 rings (SSSR count). The van der Waals surface area contributed by atoms with Crippen LogP contribution >= 0.6 is 0 Å². The Bertz CT molecular complexity index is 1450. The fourth-order valence-electron chi connectivity index (χ4n) is 5.16. The second-order valence-corrected chi connectivity index (χ2v) is 11.0. The number of benzene rings is 2. The number of amides is 1. The first-order valence-electron chi connectivity index (χ1n) is 13.2. The van der Waals surface area contributed by atoms with Gasteiger partial charge in [-0.2, -0.15) is 26.3 Å². The van der Waals surface area contributed by atoms with Crippen molar-refractivity contribution in [3.05, 3.63) is 76.7 Å². The van der Waals surface area contributed by atoms with Crippen molar-refractivity contribution < 1.29 is 35.5 Å². The van der Waals surface area contributed by atoms with E-state index in [1.165, 1.54) is 44.1 Å². The number of aryl methyl sites for hydroxylation is 1. The number of likely N-dealkylation sites (N-methyl/N-ethyl adjacent to an activating group) is 1. The molecule has 0 bridgehead atoms. The highest BCUT2D eigenvalue weighted by molar-refractivity contribution is 6.03. The summed E-state index contributed by atoms with van der Waals surface area (Å²) in [6.07, 6.45) is -8.67. The molecule has 1 amide bonds. The summed E-state index contributed by atoms with van der Waals surface area (Å²) in [5.74, 6) is -0.612. The molecule has 2 aromatic carbocycles. The lowest BCUT2D eigenvalue weighted by molar-refractivity contribution is -0.143. The van der Waals surface area contributed by atoms with Crippen LogP contribution in [-0.4, -0.2) is 43.6 Å². The number of piperazine rings is 1. The van der Waals surface area contributed by atoms with Gasteiger partial charge in [-0.3, -0.25) is 4.79 Å². The molecule has 0 radical (unpaired) electrons. The average molecular weight is 597 g/mol. The molecule has 2 heterocycles. The van der Waals surface area contributed by atoms with Crippen molar-refractivity contribution in [2.24, 2.45) is 0 Å². The lowest BCUT2D eigenvalue weighted by Gasteiger charge is -2.36. The van der Waals surface area contributed by atoms with Crippen LogP contribution in [-0.2, 0) is 22.6 Å². The fraction of sp³-hybridized carbons (Fsp3) is 0.400. The van der Waals surface area contributed by atoms with Crippen LogP contribution in [0.15, 0.2) is 48.7 Å². The highest BCUT2D eigenvalue weighted by Crippen LogP contribution is 2.41. The topological polar surface area (TPSA) is 48.5 Å². The molecule has 1 saturated heterocycles. The number of carbonyl (C=O) groups excluding carboxylic acids is 1. The molecule has 1 atom stereocenters. The van der Waals surface area contributed by atoms with E-state index >= 15 is 0 Å². The van der Waals surface area contributed by atoms with Crippen molar-refractivity contribution in [2.75, 3.05) is 36.5 Å². The Balaban J connectivity index is 1.83. The number of nitrogens with zero attached hydrogens (tertiary/aromatic N) is 3. The van der Waals surface area contributed by atoms with E-state index in [1.54, 1.807) is 19.1 Å². The molecule has 1 N–H and O–H groups in total. The minimum Gasteiger partial charge on any atom is -0.351 e. The van der Waals surface area contributed by atoms with Crippen molar-refractivity contribution in [3.63, 3.8) is 0 Å². The van der Waals surface area contributed by atoms with Gasteiger partial charge in [0.25, 0.3) is 0 Å². The minimum absolute atomic E-state index is 0.0307. The monoisotopic (exact) mass is 596 g/mol. The molecule has 12 heteroatoms. The smallest absolute Gasteiger partial charge is 0.351 e. The molecule has 1 aromatic heterocycles. The first-order chi connectivity index (χ1) is 19.4. The predicted molar refractivity (Wildman–Crippen MR) is 147 cm³/mol. The first kappa shape index (κ1) is 31.3. The van der Waals surface area contributed by atoms with Crippen molar-refractivity contribution in [1.29, 1.82) is 0 Å². The molecule has 1 fully saturated rings. The zero-order valence-corrected chi connectivity index (χ0v) is 23.7. The van der Waals surface area contributed by atoms with Crippen molar-refractivity contribution in [3.8, 4) is 11.1 Å². The number of nitrogens with one attached hydrogen (secondary N) is 1. The van der Waals surface area contributed by atoms with Gasteiger partial charge in [-0.05, 0) is 80.8 Å². The zero-order chi connectivity index (χ0) is 31.2. The third kappa shape index (κ3) is 6.23. The second kappa shape index (κ2) is 11.2. The van der Waals surface area contributed by atoms with Gasteiger partial charge in [0, 0.05) is 38.3 Å². The standard InChI is InChI=1S/C30H31F7N4O/c1-17-10-22(31)6-7-23(17)24-14-26(41-9-8-38-15-18(41)2)39-16-25(24)40(5)27(42)28(3,4)19-11-20(29(32,33)34)13-21(12-19)30(35,36)37/h6-7,10-14,16,18,38H,8-9,15H2,1-5H3. The molecule has 3 aromatic rings. The molecular formula is C30H31F7N4O. The fourth-order valence-corrected chi connectivity index (χ4v) is 5.16. The Hall–Kier alpha value is -3.67. The quantitative estimate of drug-likeness (QED) is 0.323. The summed E-state index contributed by atoms with van der Waals surface area (Å²) in [6.45, 7) is 8.37. The normalized spacial score (nSPS) is 16.5. The summed E-state index contributed by atoms with van der Waals surface area (Å²) < 4.78 is 95.4. The average Bonchev–Trinajstić information content (AvgIpc) is 2.91. The van der Waals surface area contributed by atoms with E-state index in [4.69, 9.17) is 0 Å². The molecule has 1 aliphatic heterocycles. The molecule has 1 aliphatic rings. The van der Waals surface area contributed by atoms with Crippen LogP contribution in [0.1, 0.15) is 43.0 Å². The number of anilines is 2. The third-order valence-electron chi connectivity index (χ3n) is 7.65. The van der Waals surface area contributed by atoms with E-state index in [-0.39, 0.29) is 17.8 Å². The van der Waals surface area contributed by atoms with Gasteiger partial charge in [0.15, 0.2) is 0 Å². The van der Waals surface area contributed by atoms with Crippen LogP contribution < -0.4 is 15.1 Å². The lowest BCUT2D eigenvalue weighted by Crippen LogP contribution is -2.50. The van der Waals surface area contributed by atoms with Crippen LogP contribution in [0, 0.1) is 12.7 Å². The number of pyridine rings is 1. The Kier molecular flexibility index (Phi) is 8.34. The van der Waals surface area contributed by atoms with Gasteiger partial charge in [0.2, 0.25) is 5.91 Å². The number of alkyl halides is 6. The van der Waals surface area contributed by atoms with Gasteiger partial charge in [-0.25, -0.2) is 9.37 Å². The van der Waals surface area contributed by atoms with Crippen LogP contribution in [0.25, 0.3) is 11.1 Å². The molecular weight excluding hydrogens is 565 g/mol. The van der Waals surface area contributed by atoms with Gasteiger partial charge < -0.3 is 15.1 Å². The summed E-state index contributed by atoms with van der Waals surface area (Å²) in [5, 5.41) is 3.29. The van der Waals surface area contributed by atoms with E-state index in [2.05, 4.69) is 15.2 Å². The summed E-state index contributed by atoms with van der Waals surface area (Å²) in [7, 11) is 1.38. The largest absolute Gasteiger partial charge is 0.416 e. The molecule has 0 saturated carbocycles. The number of carbonyl (C=O) groups is 1.